The molecule has 122 valence electrons. The first-order valence-corrected chi connectivity index (χ1v) is 9.07. The third-order valence-electron chi connectivity index (χ3n) is 5.65. The van der Waals surface area contributed by atoms with E-state index in [9.17, 15) is 10.1 Å². The van der Waals surface area contributed by atoms with Crippen LogP contribution in [-0.4, -0.2) is 35.5 Å². The third kappa shape index (κ3) is 4.01. The highest BCUT2D eigenvalue weighted by Gasteiger charge is 2.43. The Morgan fingerprint density at radius 1 is 1.18 bits per heavy atom. The minimum Gasteiger partial charge on any atom is -0.337 e. The summed E-state index contributed by atoms with van der Waals surface area (Å²) in [6, 6.07) is 2.93. The smallest absolute Gasteiger partial charge is 0.235 e. The van der Waals surface area contributed by atoms with Crippen molar-refractivity contribution in [3.8, 4) is 6.07 Å². The summed E-state index contributed by atoms with van der Waals surface area (Å²) in [6.45, 7) is 3.43. The average molecular weight is 303 g/mol. The maximum atomic E-state index is 12.4. The molecule has 0 spiro atoms. The normalized spacial score (nSPS) is 25.5. The van der Waals surface area contributed by atoms with E-state index in [4.69, 9.17) is 0 Å². The van der Waals surface area contributed by atoms with Gasteiger partial charge < -0.3 is 5.32 Å². The average Bonchev–Trinajstić information content (AvgIpc) is 3.40. The summed E-state index contributed by atoms with van der Waals surface area (Å²) < 4.78 is 0. The summed E-state index contributed by atoms with van der Waals surface area (Å²) in [6.07, 6.45) is 11.3. The summed E-state index contributed by atoms with van der Waals surface area (Å²) in [7, 11) is 0. The first-order valence-electron chi connectivity index (χ1n) is 9.07. The van der Waals surface area contributed by atoms with E-state index in [0.717, 1.165) is 25.3 Å². The van der Waals surface area contributed by atoms with Crippen molar-refractivity contribution < 1.29 is 4.79 Å². The molecule has 3 fully saturated rings. The number of amides is 1. The number of nitrogens with zero attached hydrogens (tertiary/aromatic N) is 2. The van der Waals surface area contributed by atoms with Gasteiger partial charge in [0.25, 0.3) is 0 Å². The number of carbonyl (C=O) groups is 1. The van der Waals surface area contributed by atoms with Gasteiger partial charge in [0.2, 0.25) is 5.91 Å². The van der Waals surface area contributed by atoms with Crippen molar-refractivity contribution in [3.63, 3.8) is 0 Å². The molecule has 3 aliphatic carbocycles. The molecule has 4 heteroatoms. The lowest BCUT2D eigenvalue weighted by Gasteiger charge is -2.30. The van der Waals surface area contributed by atoms with Gasteiger partial charge in [-0.3, -0.25) is 9.69 Å². The van der Waals surface area contributed by atoms with Crippen LogP contribution >= 0.6 is 0 Å². The van der Waals surface area contributed by atoms with Crippen molar-refractivity contribution in [2.45, 2.75) is 76.3 Å². The molecule has 1 N–H and O–H groups in total. The van der Waals surface area contributed by atoms with Crippen molar-refractivity contribution >= 4 is 5.91 Å². The molecule has 4 nitrogen and oxygen atoms in total. The molecule has 0 aliphatic heterocycles. The van der Waals surface area contributed by atoms with Crippen LogP contribution in [0.3, 0.4) is 0 Å². The van der Waals surface area contributed by atoms with Gasteiger partial charge in [-0.1, -0.05) is 19.3 Å². The fourth-order valence-electron chi connectivity index (χ4n) is 3.88. The summed E-state index contributed by atoms with van der Waals surface area (Å²) >= 11 is 0. The molecule has 1 unspecified atom stereocenters. The second kappa shape index (κ2) is 6.58. The van der Waals surface area contributed by atoms with Crippen LogP contribution in [0.5, 0.6) is 0 Å². The van der Waals surface area contributed by atoms with E-state index in [2.05, 4.69) is 16.3 Å². The van der Waals surface area contributed by atoms with E-state index in [1.165, 1.54) is 44.9 Å². The maximum absolute atomic E-state index is 12.4. The van der Waals surface area contributed by atoms with Gasteiger partial charge in [0.15, 0.2) is 0 Å². The summed E-state index contributed by atoms with van der Waals surface area (Å²) in [5.41, 5.74) is -0.656. The lowest BCUT2D eigenvalue weighted by molar-refractivity contribution is -0.124. The summed E-state index contributed by atoms with van der Waals surface area (Å²) in [4.78, 5) is 14.8. The maximum Gasteiger partial charge on any atom is 0.235 e. The lowest BCUT2D eigenvalue weighted by Crippen LogP contribution is -2.51. The molecule has 1 atom stereocenters. The zero-order chi connectivity index (χ0) is 15.6. The quantitative estimate of drug-likeness (QED) is 0.787. The molecule has 3 saturated carbocycles. The molecule has 22 heavy (non-hydrogen) atoms. The highest BCUT2D eigenvalue weighted by molar-refractivity contribution is 5.79. The predicted molar refractivity (Wildman–Crippen MR) is 86.1 cm³/mol. The van der Waals surface area contributed by atoms with Crippen LogP contribution < -0.4 is 5.32 Å². The molecule has 0 saturated heterocycles. The Bertz CT molecular complexity index is 444. The fourth-order valence-corrected chi connectivity index (χ4v) is 3.88. The van der Waals surface area contributed by atoms with Gasteiger partial charge >= 0.3 is 0 Å². The minimum absolute atomic E-state index is 0.0404. The van der Waals surface area contributed by atoms with Crippen LogP contribution in [0.25, 0.3) is 0 Å². The number of hydrogen-bond donors (Lipinski definition) is 1. The number of nitrogens with one attached hydrogen (secondary N) is 1. The van der Waals surface area contributed by atoms with Crippen molar-refractivity contribution in [1.29, 1.82) is 5.26 Å². The fraction of sp³-hybridized carbons (Fsp3) is 0.889. The van der Waals surface area contributed by atoms with Crippen LogP contribution in [0.4, 0.5) is 0 Å². The molecule has 0 radical (unpaired) electrons. The van der Waals surface area contributed by atoms with Crippen molar-refractivity contribution in [3.05, 3.63) is 0 Å². The Morgan fingerprint density at radius 2 is 1.86 bits per heavy atom. The number of nitriles is 1. The molecular formula is C18H29N3O. The molecule has 1 amide bonds. The van der Waals surface area contributed by atoms with Gasteiger partial charge in [0.1, 0.15) is 5.54 Å². The summed E-state index contributed by atoms with van der Waals surface area (Å²) in [5.74, 6) is 1.17. The van der Waals surface area contributed by atoms with Crippen molar-refractivity contribution in [2.24, 2.45) is 11.8 Å². The van der Waals surface area contributed by atoms with Crippen LogP contribution in [0.15, 0.2) is 0 Å². The standard InChI is InChI=1S/C18H29N3O/c1-18(13-19,15-7-8-15)20-17(22)12-21(16-9-10-16)11-14-5-3-2-4-6-14/h14-16H,2-12H2,1H3,(H,20,22). The SMILES string of the molecule is CC(C#N)(NC(=O)CN(CC1CCCCC1)C1CC1)C1CC1. The molecule has 0 aromatic rings. The van der Waals surface area contributed by atoms with Crippen molar-refractivity contribution in [2.75, 3.05) is 13.1 Å². The van der Waals surface area contributed by atoms with Gasteiger partial charge in [-0.05, 0) is 57.3 Å². The predicted octanol–water partition coefficient (Wildman–Crippen LogP) is 2.84. The van der Waals surface area contributed by atoms with Crippen LogP contribution in [0.1, 0.15) is 64.7 Å². The molecule has 0 heterocycles. The van der Waals surface area contributed by atoms with E-state index in [-0.39, 0.29) is 5.91 Å². The van der Waals surface area contributed by atoms with Crippen LogP contribution in [0.2, 0.25) is 0 Å². The monoisotopic (exact) mass is 303 g/mol. The van der Waals surface area contributed by atoms with Crippen LogP contribution in [-0.2, 0) is 4.79 Å². The Labute approximate surface area is 134 Å². The lowest BCUT2D eigenvalue weighted by atomic mass is 9.89. The van der Waals surface area contributed by atoms with Gasteiger partial charge in [-0.15, -0.1) is 0 Å². The molecule has 0 bridgehead atoms. The number of hydrogen-bond acceptors (Lipinski definition) is 3. The highest BCUT2D eigenvalue weighted by Crippen LogP contribution is 2.39. The molecule has 0 aromatic carbocycles. The first kappa shape index (κ1) is 15.8. The van der Waals surface area contributed by atoms with E-state index in [0.29, 0.717) is 18.5 Å². The van der Waals surface area contributed by atoms with Gasteiger partial charge in [0.05, 0.1) is 12.6 Å². The minimum atomic E-state index is -0.656. The van der Waals surface area contributed by atoms with Gasteiger partial charge in [-0.25, -0.2) is 0 Å². The largest absolute Gasteiger partial charge is 0.337 e. The first-order chi connectivity index (χ1) is 10.6. The van der Waals surface area contributed by atoms with Crippen LogP contribution in [0, 0.1) is 23.2 Å². The number of rotatable bonds is 7. The van der Waals surface area contributed by atoms with Crippen molar-refractivity contribution in [1.82, 2.24) is 10.2 Å². The summed E-state index contributed by atoms with van der Waals surface area (Å²) in [5, 5.41) is 12.4. The Hall–Kier alpha value is -1.08. The zero-order valence-corrected chi connectivity index (χ0v) is 13.8. The van der Waals surface area contributed by atoms with Gasteiger partial charge in [-0.2, -0.15) is 5.26 Å². The second-order valence-corrected chi connectivity index (χ2v) is 7.80. The molecule has 0 aromatic heterocycles. The zero-order valence-electron chi connectivity index (χ0n) is 13.8. The van der Waals surface area contributed by atoms with Gasteiger partial charge in [0, 0.05) is 12.6 Å². The third-order valence-corrected chi connectivity index (χ3v) is 5.65. The van der Waals surface area contributed by atoms with E-state index in [1.54, 1.807) is 0 Å². The van der Waals surface area contributed by atoms with E-state index in [1.807, 2.05) is 6.92 Å². The Kier molecular flexibility index (Phi) is 4.73. The number of carbonyl (C=O) groups excluding carboxylic acids is 1. The molecule has 3 rings (SSSR count). The second-order valence-electron chi connectivity index (χ2n) is 7.80. The topological polar surface area (TPSA) is 56.1 Å². The molecule has 3 aliphatic rings. The van der Waals surface area contributed by atoms with E-state index >= 15 is 0 Å². The van der Waals surface area contributed by atoms with E-state index < -0.39 is 5.54 Å². The Morgan fingerprint density at radius 3 is 2.41 bits per heavy atom. The Balaban J connectivity index is 1.52. The highest BCUT2D eigenvalue weighted by atomic mass is 16.2. The molecular weight excluding hydrogens is 274 g/mol.